The third-order valence-electron chi connectivity index (χ3n) is 4.18. The van der Waals surface area contributed by atoms with Gasteiger partial charge in [-0.1, -0.05) is 78.1 Å². The molecule has 0 radical (unpaired) electrons. The van der Waals surface area contributed by atoms with Gasteiger partial charge in [-0.25, -0.2) is 0 Å². The van der Waals surface area contributed by atoms with E-state index in [1.54, 1.807) is 7.11 Å². The lowest BCUT2D eigenvalue weighted by molar-refractivity contribution is -0.135. The van der Waals surface area contributed by atoms with Crippen LogP contribution in [-0.4, -0.2) is 37.6 Å². The third kappa shape index (κ3) is 13.1. The average Bonchev–Trinajstić information content (AvgIpc) is 2.52. The van der Waals surface area contributed by atoms with E-state index in [9.17, 15) is 4.79 Å². The van der Waals surface area contributed by atoms with Crippen molar-refractivity contribution in [1.82, 2.24) is 4.90 Å². The van der Waals surface area contributed by atoms with Crippen LogP contribution in [-0.2, 0) is 9.53 Å². The minimum atomic E-state index is 0.157. The largest absolute Gasteiger partial charge is 0.375 e. The zero-order valence-corrected chi connectivity index (χ0v) is 15.4. The van der Waals surface area contributed by atoms with E-state index in [0.29, 0.717) is 0 Å². The Morgan fingerprint density at radius 2 is 1.14 bits per heavy atom. The molecule has 0 aromatic rings. The number of hydrogen-bond acceptors (Lipinski definition) is 2. The maximum atomic E-state index is 12.1. The van der Waals surface area contributed by atoms with Gasteiger partial charge in [-0.2, -0.15) is 0 Å². The van der Waals surface area contributed by atoms with E-state index in [1.165, 1.54) is 64.2 Å². The molecule has 22 heavy (non-hydrogen) atoms. The monoisotopic (exact) mass is 313 g/mol. The molecule has 0 aliphatic heterocycles. The fourth-order valence-electron chi connectivity index (χ4n) is 2.74. The van der Waals surface area contributed by atoms with Crippen molar-refractivity contribution in [1.29, 1.82) is 0 Å². The molecule has 0 rings (SSSR count). The molecule has 3 nitrogen and oxygen atoms in total. The van der Waals surface area contributed by atoms with Crippen molar-refractivity contribution < 1.29 is 9.53 Å². The third-order valence-corrected chi connectivity index (χ3v) is 4.18. The zero-order chi connectivity index (χ0) is 16.5. The molecule has 0 spiro atoms. The lowest BCUT2D eigenvalue weighted by atomic mass is 10.1. The molecule has 0 N–H and O–H groups in total. The molecular formula is C19H39NO2. The molecule has 0 aliphatic carbocycles. The molecule has 1 amide bonds. The summed E-state index contributed by atoms with van der Waals surface area (Å²) in [4.78, 5) is 14.1. The summed E-state index contributed by atoms with van der Waals surface area (Å²) in [5.41, 5.74) is 0. The van der Waals surface area contributed by atoms with Crippen LogP contribution in [0.3, 0.4) is 0 Å². The number of hydrogen-bond donors (Lipinski definition) is 0. The van der Waals surface area contributed by atoms with Crippen molar-refractivity contribution in [2.75, 3.05) is 26.8 Å². The van der Waals surface area contributed by atoms with Gasteiger partial charge in [0.2, 0.25) is 5.91 Å². The Morgan fingerprint density at radius 1 is 0.727 bits per heavy atom. The normalized spacial score (nSPS) is 10.9. The van der Waals surface area contributed by atoms with E-state index in [2.05, 4.69) is 13.8 Å². The molecule has 0 saturated heterocycles. The van der Waals surface area contributed by atoms with E-state index in [4.69, 9.17) is 4.74 Å². The van der Waals surface area contributed by atoms with Gasteiger partial charge in [0.15, 0.2) is 0 Å². The first kappa shape index (κ1) is 21.4. The lowest BCUT2D eigenvalue weighted by Gasteiger charge is -2.22. The van der Waals surface area contributed by atoms with Crippen LogP contribution in [0.5, 0.6) is 0 Å². The van der Waals surface area contributed by atoms with Crippen LogP contribution in [0.4, 0.5) is 0 Å². The minimum Gasteiger partial charge on any atom is -0.375 e. The molecule has 0 bridgehead atoms. The molecule has 0 heterocycles. The summed E-state index contributed by atoms with van der Waals surface area (Å²) in [6, 6.07) is 0. The molecule has 0 fully saturated rings. The van der Waals surface area contributed by atoms with Gasteiger partial charge >= 0.3 is 0 Å². The number of ether oxygens (including phenoxy) is 1. The Labute approximate surface area is 138 Å². The summed E-state index contributed by atoms with van der Waals surface area (Å²) in [6.07, 6.45) is 15.3. The maximum absolute atomic E-state index is 12.1. The van der Waals surface area contributed by atoms with Crippen LogP contribution in [0.25, 0.3) is 0 Å². The van der Waals surface area contributed by atoms with Crippen LogP contribution in [0.1, 0.15) is 90.9 Å². The minimum absolute atomic E-state index is 0.157. The summed E-state index contributed by atoms with van der Waals surface area (Å²) >= 11 is 0. The van der Waals surface area contributed by atoms with Crippen molar-refractivity contribution in [3.05, 3.63) is 0 Å². The smallest absolute Gasteiger partial charge is 0.248 e. The van der Waals surface area contributed by atoms with Gasteiger partial charge in [0, 0.05) is 20.2 Å². The Morgan fingerprint density at radius 3 is 1.55 bits per heavy atom. The number of nitrogens with zero attached hydrogens (tertiary/aromatic N) is 1. The molecule has 0 aromatic heterocycles. The number of amides is 1. The van der Waals surface area contributed by atoms with Crippen LogP contribution in [0.2, 0.25) is 0 Å². The first-order chi connectivity index (χ1) is 10.8. The van der Waals surface area contributed by atoms with E-state index in [0.717, 1.165) is 25.9 Å². The summed E-state index contributed by atoms with van der Waals surface area (Å²) in [5.74, 6) is 0.157. The molecule has 0 unspecified atom stereocenters. The molecule has 0 aliphatic rings. The summed E-state index contributed by atoms with van der Waals surface area (Å²) in [7, 11) is 1.60. The zero-order valence-electron chi connectivity index (χ0n) is 15.4. The van der Waals surface area contributed by atoms with Gasteiger partial charge < -0.3 is 9.64 Å². The summed E-state index contributed by atoms with van der Waals surface area (Å²) in [5, 5.41) is 0. The van der Waals surface area contributed by atoms with Crippen molar-refractivity contribution in [3.8, 4) is 0 Å². The predicted molar refractivity (Wildman–Crippen MR) is 95.2 cm³/mol. The van der Waals surface area contributed by atoms with Crippen LogP contribution in [0.15, 0.2) is 0 Å². The number of unbranched alkanes of at least 4 members (excludes halogenated alkanes) is 10. The predicted octanol–water partition coefficient (Wildman–Crippen LogP) is 5.18. The molecule has 3 heteroatoms. The van der Waals surface area contributed by atoms with Gasteiger partial charge in [-0.05, 0) is 12.8 Å². The highest BCUT2D eigenvalue weighted by molar-refractivity contribution is 5.77. The SMILES string of the molecule is CCCCCCCCN(CCCCCCCC)C(=O)COC. The molecule has 0 saturated carbocycles. The number of methoxy groups -OCH3 is 1. The van der Waals surface area contributed by atoms with Crippen molar-refractivity contribution in [3.63, 3.8) is 0 Å². The maximum Gasteiger partial charge on any atom is 0.248 e. The molecular weight excluding hydrogens is 274 g/mol. The number of carbonyl (C=O) groups is 1. The Kier molecular flexibility index (Phi) is 16.4. The fraction of sp³-hybridized carbons (Fsp3) is 0.947. The van der Waals surface area contributed by atoms with Crippen molar-refractivity contribution in [2.24, 2.45) is 0 Å². The van der Waals surface area contributed by atoms with Gasteiger partial charge in [0.05, 0.1) is 0 Å². The fourth-order valence-corrected chi connectivity index (χ4v) is 2.74. The van der Waals surface area contributed by atoms with Crippen LogP contribution < -0.4 is 0 Å². The van der Waals surface area contributed by atoms with Crippen molar-refractivity contribution in [2.45, 2.75) is 90.9 Å². The van der Waals surface area contributed by atoms with Gasteiger partial charge in [0.25, 0.3) is 0 Å². The van der Waals surface area contributed by atoms with Crippen LogP contribution >= 0.6 is 0 Å². The Bertz CT molecular complexity index is 228. The van der Waals surface area contributed by atoms with Gasteiger partial charge in [-0.3, -0.25) is 4.79 Å². The van der Waals surface area contributed by atoms with Gasteiger partial charge in [-0.15, -0.1) is 0 Å². The van der Waals surface area contributed by atoms with Crippen molar-refractivity contribution >= 4 is 5.91 Å². The second-order valence-corrected chi connectivity index (χ2v) is 6.35. The topological polar surface area (TPSA) is 29.5 Å². The highest BCUT2D eigenvalue weighted by atomic mass is 16.5. The second kappa shape index (κ2) is 16.8. The summed E-state index contributed by atoms with van der Waals surface area (Å²) < 4.78 is 5.01. The highest BCUT2D eigenvalue weighted by Gasteiger charge is 2.12. The Balaban J connectivity index is 3.82. The van der Waals surface area contributed by atoms with E-state index in [-0.39, 0.29) is 12.5 Å². The summed E-state index contributed by atoms with van der Waals surface area (Å²) in [6.45, 7) is 6.52. The quantitative estimate of drug-likeness (QED) is 0.367. The number of rotatable bonds is 16. The first-order valence-electron chi connectivity index (χ1n) is 9.52. The molecule has 0 atom stereocenters. The van der Waals surface area contributed by atoms with Crippen LogP contribution in [0, 0.1) is 0 Å². The highest BCUT2D eigenvalue weighted by Crippen LogP contribution is 2.09. The van der Waals surface area contributed by atoms with E-state index < -0.39 is 0 Å². The second-order valence-electron chi connectivity index (χ2n) is 6.35. The molecule has 132 valence electrons. The molecule has 0 aromatic carbocycles. The van der Waals surface area contributed by atoms with E-state index >= 15 is 0 Å². The lowest BCUT2D eigenvalue weighted by Crippen LogP contribution is -2.35. The van der Waals surface area contributed by atoms with E-state index in [1.807, 2.05) is 4.90 Å². The standard InChI is InChI=1S/C19H39NO2/c1-4-6-8-10-12-14-16-20(19(21)18-22-3)17-15-13-11-9-7-5-2/h4-18H2,1-3H3. The number of carbonyl (C=O) groups excluding carboxylic acids is 1. The average molecular weight is 314 g/mol. The Hall–Kier alpha value is -0.570. The van der Waals surface area contributed by atoms with Gasteiger partial charge in [0.1, 0.15) is 6.61 Å². The first-order valence-corrected chi connectivity index (χ1v) is 9.52.